The molecule has 1 nitrogen and oxygen atoms in total. The van der Waals surface area contributed by atoms with Crippen LogP contribution in [0.4, 0.5) is 4.39 Å². The third-order valence-electron chi connectivity index (χ3n) is 3.41. The number of allylic oxidation sites excluding steroid dienone is 1. The Bertz CT molecular complexity index is 642. The highest BCUT2D eigenvalue weighted by Gasteiger charge is 2.10. The van der Waals surface area contributed by atoms with Gasteiger partial charge in [0.2, 0.25) is 0 Å². The fourth-order valence-corrected chi connectivity index (χ4v) is 2.07. The predicted octanol–water partition coefficient (Wildman–Crippen LogP) is 4.85. The average Bonchev–Trinajstić information content (AvgIpc) is 2.39. The molecular formula is C17H18FN. The van der Waals surface area contributed by atoms with Crippen molar-refractivity contribution >= 4 is 6.08 Å². The van der Waals surface area contributed by atoms with Crippen LogP contribution in [0.5, 0.6) is 0 Å². The number of benzene rings is 1. The van der Waals surface area contributed by atoms with Gasteiger partial charge in [-0.3, -0.25) is 4.98 Å². The minimum atomic E-state index is -0.153. The quantitative estimate of drug-likeness (QED) is 0.747. The summed E-state index contributed by atoms with van der Waals surface area (Å²) < 4.78 is 14.3. The van der Waals surface area contributed by atoms with Crippen LogP contribution in [0.15, 0.2) is 30.5 Å². The highest BCUT2D eigenvalue weighted by atomic mass is 19.1. The molecule has 0 radical (unpaired) electrons. The van der Waals surface area contributed by atoms with Crippen LogP contribution in [-0.4, -0.2) is 4.98 Å². The summed E-state index contributed by atoms with van der Waals surface area (Å²) in [5.74, 6) is -0.153. The van der Waals surface area contributed by atoms with Gasteiger partial charge in [-0.25, -0.2) is 4.39 Å². The van der Waals surface area contributed by atoms with Crippen molar-refractivity contribution in [3.63, 3.8) is 0 Å². The van der Waals surface area contributed by atoms with Gasteiger partial charge in [0.05, 0.1) is 5.69 Å². The molecule has 0 N–H and O–H groups in total. The molecule has 0 atom stereocenters. The zero-order valence-corrected chi connectivity index (χ0v) is 11.8. The molecule has 0 aliphatic rings. The van der Waals surface area contributed by atoms with Gasteiger partial charge in [-0.1, -0.05) is 18.2 Å². The highest BCUT2D eigenvalue weighted by molar-refractivity contribution is 5.67. The summed E-state index contributed by atoms with van der Waals surface area (Å²) in [5.41, 5.74) is 5.09. The molecule has 0 fully saturated rings. The lowest BCUT2D eigenvalue weighted by atomic mass is 9.99. The Labute approximate surface area is 113 Å². The molecule has 1 aromatic heterocycles. The first-order chi connectivity index (χ1) is 9.04. The maximum absolute atomic E-state index is 14.3. The maximum atomic E-state index is 14.3. The number of halogens is 1. The number of aryl methyl sites for hydroxylation is 2. The zero-order valence-electron chi connectivity index (χ0n) is 11.8. The Kier molecular flexibility index (Phi) is 3.79. The molecule has 2 heteroatoms. The van der Waals surface area contributed by atoms with E-state index in [2.05, 4.69) is 4.98 Å². The van der Waals surface area contributed by atoms with E-state index in [1.165, 1.54) is 0 Å². The molecule has 2 rings (SSSR count). The average molecular weight is 255 g/mol. The van der Waals surface area contributed by atoms with Gasteiger partial charge >= 0.3 is 0 Å². The van der Waals surface area contributed by atoms with Crippen molar-refractivity contribution in [1.82, 2.24) is 4.98 Å². The molecule has 0 spiro atoms. The summed E-state index contributed by atoms with van der Waals surface area (Å²) in [6.45, 7) is 7.67. The van der Waals surface area contributed by atoms with E-state index >= 15 is 0 Å². The highest BCUT2D eigenvalue weighted by Crippen LogP contribution is 2.27. The van der Waals surface area contributed by atoms with Crippen LogP contribution in [0, 0.1) is 26.6 Å². The van der Waals surface area contributed by atoms with Crippen molar-refractivity contribution in [1.29, 1.82) is 0 Å². The standard InChI is InChI=1S/C17H18FN/c1-5-6-16-12(3)9-14(10-19-16)15-8-7-11(2)13(4)17(15)18/h5-10H,1-4H3/b6-5-. The first kappa shape index (κ1) is 13.5. The molecule has 0 saturated carbocycles. The summed E-state index contributed by atoms with van der Waals surface area (Å²) in [7, 11) is 0. The molecule has 98 valence electrons. The van der Waals surface area contributed by atoms with Crippen LogP contribution >= 0.6 is 0 Å². The summed E-state index contributed by atoms with van der Waals surface area (Å²) in [6.07, 6.45) is 5.64. The fraction of sp³-hybridized carbons (Fsp3) is 0.235. The van der Waals surface area contributed by atoms with Crippen LogP contribution in [0.1, 0.15) is 29.3 Å². The van der Waals surface area contributed by atoms with Gasteiger partial charge in [-0.15, -0.1) is 0 Å². The number of aromatic nitrogens is 1. The van der Waals surface area contributed by atoms with E-state index in [9.17, 15) is 4.39 Å². The molecule has 1 aromatic carbocycles. The molecule has 0 unspecified atom stereocenters. The molecule has 1 heterocycles. The largest absolute Gasteiger partial charge is 0.256 e. The van der Waals surface area contributed by atoms with Gasteiger partial charge in [-0.2, -0.15) is 0 Å². The minimum absolute atomic E-state index is 0.153. The van der Waals surface area contributed by atoms with E-state index in [4.69, 9.17) is 0 Å². The van der Waals surface area contributed by atoms with Crippen molar-refractivity contribution in [2.75, 3.05) is 0 Å². The maximum Gasteiger partial charge on any atom is 0.134 e. The molecule has 0 amide bonds. The number of rotatable bonds is 2. The number of hydrogen-bond acceptors (Lipinski definition) is 1. The molecule has 0 saturated heterocycles. The monoisotopic (exact) mass is 255 g/mol. The molecule has 19 heavy (non-hydrogen) atoms. The Balaban J connectivity index is 2.54. The second kappa shape index (κ2) is 5.35. The lowest BCUT2D eigenvalue weighted by Gasteiger charge is -2.09. The van der Waals surface area contributed by atoms with Crippen LogP contribution in [0.25, 0.3) is 17.2 Å². The second-order valence-corrected chi connectivity index (χ2v) is 4.80. The van der Waals surface area contributed by atoms with E-state index in [0.29, 0.717) is 11.1 Å². The van der Waals surface area contributed by atoms with Crippen LogP contribution < -0.4 is 0 Å². The van der Waals surface area contributed by atoms with Crippen molar-refractivity contribution in [3.8, 4) is 11.1 Å². The predicted molar refractivity (Wildman–Crippen MR) is 78.6 cm³/mol. The lowest BCUT2D eigenvalue weighted by Crippen LogP contribution is -1.94. The first-order valence-corrected chi connectivity index (χ1v) is 6.40. The number of hydrogen-bond donors (Lipinski definition) is 0. The van der Waals surface area contributed by atoms with E-state index in [1.807, 2.05) is 58.0 Å². The smallest absolute Gasteiger partial charge is 0.134 e. The normalized spacial score (nSPS) is 11.2. The van der Waals surface area contributed by atoms with E-state index in [-0.39, 0.29) is 5.82 Å². The summed E-state index contributed by atoms with van der Waals surface area (Å²) in [6, 6.07) is 5.75. The Morgan fingerprint density at radius 1 is 1.11 bits per heavy atom. The second-order valence-electron chi connectivity index (χ2n) is 4.80. The molecule has 0 bridgehead atoms. The number of pyridine rings is 1. The van der Waals surface area contributed by atoms with Gasteiger partial charge < -0.3 is 0 Å². The van der Waals surface area contributed by atoms with Crippen molar-refractivity contribution in [3.05, 3.63) is 58.7 Å². The molecular weight excluding hydrogens is 237 g/mol. The minimum Gasteiger partial charge on any atom is -0.256 e. The van der Waals surface area contributed by atoms with Crippen LogP contribution in [0.3, 0.4) is 0 Å². The van der Waals surface area contributed by atoms with Gasteiger partial charge in [0, 0.05) is 17.3 Å². The molecule has 2 aromatic rings. The Morgan fingerprint density at radius 2 is 1.84 bits per heavy atom. The fourth-order valence-electron chi connectivity index (χ4n) is 2.07. The van der Waals surface area contributed by atoms with Crippen LogP contribution in [-0.2, 0) is 0 Å². The van der Waals surface area contributed by atoms with Crippen LogP contribution in [0.2, 0.25) is 0 Å². The first-order valence-electron chi connectivity index (χ1n) is 6.40. The van der Waals surface area contributed by atoms with Gasteiger partial charge in [0.1, 0.15) is 5.82 Å². The van der Waals surface area contributed by atoms with E-state index in [0.717, 1.165) is 22.4 Å². The van der Waals surface area contributed by atoms with E-state index in [1.54, 1.807) is 6.20 Å². The summed E-state index contributed by atoms with van der Waals surface area (Å²) in [5, 5.41) is 0. The third kappa shape index (κ3) is 2.58. The summed E-state index contributed by atoms with van der Waals surface area (Å²) >= 11 is 0. The molecule has 0 aliphatic heterocycles. The van der Waals surface area contributed by atoms with Gasteiger partial charge in [0.15, 0.2) is 0 Å². The Morgan fingerprint density at radius 3 is 2.47 bits per heavy atom. The van der Waals surface area contributed by atoms with Crippen molar-refractivity contribution in [2.24, 2.45) is 0 Å². The van der Waals surface area contributed by atoms with E-state index < -0.39 is 0 Å². The van der Waals surface area contributed by atoms with Crippen molar-refractivity contribution in [2.45, 2.75) is 27.7 Å². The van der Waals surface area contributed by atoms with Crippen molar-refractivity contribution < 1.29 is 4.39 Å². The Hall–Kier alpha value is -1.96. The summed E-state index contributed by atoms with van der Waals surface area (Å²) in [4.78, 5) is 4.38. The lowest BCUT2D eigenvalue weighted by molar-refractivity contribution is 0.620. The van der Waals surface area contributed by atoms with Gasteiger partial charge in [-0.05, 0) is 56.5 Å². The number of nitrogens with zero attached hydrogens (tertiary/aromatic N) is 1. The molecule has 0 aliphatic carbocycles. The van der Waals surface area contributed by atoms with Gasteiger partial charge in [0.25, 0.3) is 0 Å². The topological polar surface area (TPSA) is 12.9 Å². The SMILES string of the molecule is C/C=C\c1ncc(-c2ccc(C)c(C)c2F)cc1C. The zero-order chi connectivity index (χ0) is 14.0. The third-order valence-corrected chi connectivity index (χ3v) is 3.41.